The molecule has 100 valence electrons. The molecule has 0 radical (unpaired) electrons. The van der Waals surface area contributed by atoms with Crippen LogP contribution < -0.4 is 5.43 Å². The molecule has 0 saturated heterocycles. The average Bonchev–Trinajstić information content (AvgIpc) is 2.38. The maximum atomic E-state index is 12.0. The Balaban J connectivity index is 2.12. The molecule has 0 aliphatic rings. The zero-order chi connectivity index (χ0) is 14.1. The van der Waals surface area contributed by atoms with Crippen LogP contribution in [0.3, 0.4) is 0 Å². The molecule has 0 bridgehead atoms. The molecule has 2 N–H and O–H groups in total. The molecule has 0 aliphatic carbocycles. The number of phenols is 2. The van der Waals surface area contributed by atoms with Crippen molar-refractivity contribution in [3.05, 3.63) is 58.8 Å². The predicted octanol–water partition coefficient (Wildman–Crippen LogP) is 3.36. The fraction of sp³-hybridized carbons (Fsp3) is 0. The van der Waals surface area contributed by atoms with Crippen molar-refractivity contribution in [3.8, 4) is 11.5 Å². The van der Waals surface area contributed by atoms with Crippen LogP contribution in [0.1, 0.15) is 0 Å². The molecule has 1 aromatic heterocycles. The van der Waals surface area contributed by atoms with E-state index in [0.717, 1.165) is 11.0 Å². The van der Waals surface area contributed by atoms with Crippen LogP contribution in [0.4, 0.5) is 0 Å². The van der Waals surface area contributed by atoms with Crippen molar-refractivity contribution < 1.29 is 14.6 Å². The second-order valence-electron chi connectivity index (χ2n) is 4.18. The van der Waals surface area contributed by atoms with Crippen LogP contribution >= 0.6 is 11.8 Å². The van der Waals surface area contributed by atoms with Gasteiger partial charge in [-0.15, -0.1) is 0 Å². The summed E-state index contributed by atoms with van der Waals surface area (Å²) in [5.74, 6) is -0.440. The summed E-state index contributed by atoms with van der Waals surface area (Å²) < 4.78 is 5.55. The first-order valence-electron chi connectivity index (χ1n) is 5.86. The highest BCUT2D eigenvalue weighted by molar-refractivity contribution is 7.99. The first-order chi connectivity index (χ1) is 9.63. The van der Waals surface area contributed by atoms with Gasteiger partial charge in [-0.1, -0.05) is 30.0 Å². The summed E-state index contributed by atoms with van der Waals surface area (Å²) in [6.45, 7) is 0. The van der Waals surface area contributed by atoms with Crippen molar-refractivity contribution >= 4 is 22.7 Å². The molecule has 0 unspecified atom stereocenters. The number of aromatic hydroxyl groups is 2. The van der Waals surface area contributed by atoms with Crippen molar-refractivity contribution in [1.29, 1.82) is 0 Å². The lowest BCUT2D eigenvalue weighted by Gasteiger charge is -2.04. The van der Waals surface area contributed by atoms with Gasteiger partial charge in [0, 0.05) is 23.1 Å². The Morgan fingerprint density at radius 2 is 1.75 bits per heavy atom. The standard InChI is InChI=1S/C15H10O4S/c16-9-6-11(17)15-12(18)8-14(19-13(15)7-9)20-10-4-2-1-3-5-10/h1-8,16-17H. The van der Waals surface area contributed by atoms with E-state index in [9.17, 15) is 15.0 Å². The molecule has 3 rings (SSSR count). The minimum Gasteiger partial charge on any atom is -0.508 e. The molecule has 5 heteroatoms. The van der Waals surface area contributed by atoms with Gasteiger partial charge in [-0.2, -0.15) is 0 Å². The molecule has 4 nitrogen and oxygen atoms in total. The maximum absolute atomic E-state index is 12.0. The van der Waals surface area contributed by atoms with Gasteiger partial charge in [-0.05, 0) is 12.1 Å². The molecule has 0 amide bonds. The fourth-order valence-corrected chi connectivity index (χ4v) is 2.71. The van der Waals surface area contributed by atoms with Crippen LogP contribution in [-0.4, -0.2) is 10.2 Å². The van der Waals surface area contributed by atoms with Crippen LogP contribution in [-0.2, 0) is 0 Å². The summed E-state index contributed by atoms with van der Waals surface area (Å²) in [6.07, 6.45) is 0. The molecule has 0 spiro atoms. The van der Waals surface area contributed by atoms with E-state index in [0.29, 0.717) is 5.09 Å². The summed E-state index contributed by atoms with van der Waals surface area (Å²) in [5, 5.41) is 19.6. The van der Waals surface area contributed by atoms with E-state index in [2.05, 4.69) is 0 Å². The number of hydrogen-bond donors (Lipinski definition) is 2. The topological polar surface area (TPSA) is 70.7 Å². The van der Waals surface area contributed by atoms with E-state index in [1.807, 2.05) is 30.3 Å². The zero-order valence-corrected chi connectivity index (χ0v) is 11.1. The maximum Gasteiger partial charge on any atom is 0.197 e. The first kappa shape index (κ1) is 12.6. The Morgan fingerprint density at radius 1 is 1.00 bits per heavy atom. The SMILES string of the molecule is O=c1cc(Sc2ccccc2)oc2cc(O)cc(O)c12. The van der Waals surface area contributed by atoms with E-state index in [4.69, 9.17) is 4.42 Å². The molecule has 20 heavy (non-hydrogen) atoms. The third-order valence-electron chi connectivity index (χ3n) is 2.73. The third kappa shape index (κ3) is 2.35. The zero-order valence-electron chi connectivity index (χ0n) is 10.2. The minimum atomic E-state index is -0.345. The molecular formula is C15H10O4S. The summed E-state index contributed by atoms with van der Waals surface area (Å²) >= 11 is 1.30. The fourth-order valence-electron chi connectivity index (χ4n) is 1.89. The largest absolute Gasteiger partial charge is 0.508 e. The lowest BCUT2D eigenvalue weighted by atomic mass is 10.2. The monoisotopic (exact) mass is 286 g/mol. The molecular weight excluding hydrogens is 276 g/mol. The molecule has 2 aromatic carbocycles. The summed E-state index contributed by atoms with van der Waals surface area (Å²) in [4.78, 5) is 12.9. The van der Waals surface area contributed by atoms with Crippen LogP contribution in [0, 0.1) is 0 Å². The Hall–Kier alpha value is -2.40. The van der Waals surface area contributed by atoms with Crippen molar-refractivity contribution in [3.63, 3.8) is 0 Å². The van der Waals surface area contributed by atoms with Crippen molar-refractivity contribution in [2.45, 2.75) is 9.99 Å². The lowest BCUT2D eigenvalue weighted by Crippen LogP contribution is -2.00. The van der Waals surface area contributed by atoms with E-state index in [-0.39, 0.29) is 27.9 Å². The number of rotatable bonds is 2. The highest BCUT2D eigenvalue weighted by atomic mass is 32.2. The Kier molecular flexibility index (Phi) is 3.12. The third-order valence-corrected chi connectivity index (χ3v) is 3.64. The van der Waals surface area contributed by atoms with Crippen molar-refractivity contribution in [2.24, 2.45) is 0 Å². The van der Waals surface area contributed by atoms with Crippen LogP contribution in [0.15, 0.2) is 67.7 Å². The lowest BCUT2D eigenvalue weighted by molar-refractivity contribution is 0.446. The van der Waals surface area contributed by atoms with Crippen molar-refractivity contribution in [1.82, 2.24) is 0 Å². The van der Waals surface area contributed by atoms with Gasteiger partial charge < -0.3 is 14.6 Å². The van der Waals surface area contributed by atoms with Gasteiger partial charge in [-0.25, -0.2) is 0 Å². The molecule has 0 aliphatic heterocycles. The Labute approximate surface area is 118 Å². The average molecular weight is 286 g/mol. The van der Waals surface area contributed by atoms with Gasteiger partial charge in [0.25, 0.3) is 0 Å². The van der Waals surface area contributed by atoms with E-state index >= 15 is 0 Å². The molecule has 1 heterocycles. The van der Waals surface area contributed by atoms with Gasteiger partial charge in [0.2, 0.25) is 0 Å². The number of benzene rings is 2. The smallest absolute Gasteiger partial charge is 0.197 e. The number of fused-ring (bicyclic) bond motifs is 1. The highest BCUT2D eigenvalue weighted by Crippen LogP contribution is 2.32. The predicted molar refractivity (Wildman–Crippen MR) is 76.4 cm³/mol. The number of hydrogen-bond acceptors (Lipinski definition) is 5. The van der Waals surface area contributed by atoms with Gasteiger partial charge in [0.05, 0.1) is 0 Å². The van der Waals surface area contributed by atoms with Gasteiger partial charge >= 0.3 is 0 Å². The summed E-state index contributed by atoms with van der Waals surface area (Å²) in [7, 11) is 0. The first-order valence-corrected chi connectivity index (χ1v) is 6.68. The van der Waals surface area contributed by atoms with E-state index in [1.54, 1.807) is 0 Å². The Bertz CT molecular complexity index is 824. The van der Waals surface area contributed by atoms with Crippen LogP contribution in [0.2, 0.25) is 0 Å². The molecule has 0 saturated carbocycles. The molecule has 3 aromatic rings. The van der Waals surface area contributed by atoms with Gasteiger partial charge in [-0.3, -0.25) is 4.79 Å². The molecule has 0 fully saturated rings. The minimum absolute atomic E-state index is 0.0696. The van der Waals surface area contributed by atoms with Crippen molar-refractivity contribution in [2.75, 3.05) is 0 Å². The van der Waals surface area contributed by atoms with Crippen LogP contribution in [0.25, 0.3) is 11.0 Å². The Morgan fingerprint density at radius 3 is 2.50 bits per heavy atom. The van der Waals surface area contributed by atoms with E-state index < -0.39 is 0 Å². The second kappa shape index (κ2) is 4.94. The van der Waals surface area contributed by atoms with Gasteiger partial charge in [0.1, 0.15) is 22.5 Å². The second-order valence-corrected chi connectivity index (χ2v) is 5.26. The summed E-state index contributed by atoms with van der Waals surface area (Å²) in [6, 6.07) is 13.2. The van der Waals surface area contributed by atoms with E-state index in [1.165, 1.54) is 23.9 Å². The normalized spacial score (nSPS) is 10.8. The highest BCUT2D eigenvalue weighted by Gasteiger charge is 2.11. The van der Waals surface area contributed by atoms with Gasteiger partial charge in [0.15, 0.2) is 10.5 Å². The summed E-state index contributed by atoms with van der Waals surface area (Å²) in [5.41, 5.74) is -0.185. The van der Waals surface area contributed by atoms with Crippen LogP contribution in [0.5, 0.6) is 11.5 Å². The molecule has 0 atom stereocenters. The number of phenolic OH excluding ortho intramolecular Hbond substituents is 2. The quantitative estimate of drug-likeness (QED) is 0.756.